The van der Waals surface area contributed by atoms with Gasteiger partial charge in [-0.25, -0.2) is 0 Å². The Bertz CT molecular complexity index is 314. The largest absolute Gasteiger partial charge is 0.300 e. The molecule has 0 atom stereocenters. The van der Waals surface area contributed by atoms with Gasteiger partial charge in [0, 0.05) is 39.9 Å². The van der Waals surface area contributed by atoms with Crippen molar-refractivity contribution in [2.45, 2.75) is 60.8 Å². The van der Waals surface area contributed by atoms with Crippen molar-refractivity contribution in [1.82, 2.24) is 0 Å². The van der Waals surface area contributed by atoms with E-state index in [0.29, 0.717) is 0 Å². The van der Waals surface area contributed by atoms with Crippen LogP contribution in [-0.2, 0) is 28.8 Å². The third-order valence-electron chi connectivity index (χ3n) is 1.49. The van der Waals surface area contributed by atoms with Crippen LogP contribution in [0.3, 0.4) is 0 Å². The van der Waals surface area contributed by atoms with Gasteiger partial charge in [-0.05, 0) is 41.5 Å². The van der Waals surface area contributed by atoms with Crippen molar-refractivity contribution in [1.29, 1.82) is 0 Å². The van der Waals surface area contributed by atoms with Gasteiger partial charge in [0.15, 0.2) is 0 Å². The van der Waals surface area contributed by atoms with Crippen molar-refractivity contribution < 1.29 is 68.7 Å². The summed E-state index contributed by atoms with van der Waals surface area (Å²) >= 11 is 0. The van der Waals surface area contributed by atoms with Crippen LogP contribution in [0.5, 0.6) is 0 Å². The molecule has 0 bridgehead atoms. The molecule has 0 saturated heterocycles. The molecule has 7 heteroatoms. The fraction of sp³-hybridized carbons (Fsp3) is 0.600. The van der Waals surface area contributed by atoms with Gasteiger partial charge in [-0.2, -0.15) is 0 Å². The first-order valence-corrected chi connectivity index (χ1v) is 6.35. The Labute approximate surface area is 163 Å². The van der Waals surface area contributed by atoms with Gasteiger partial charge < -0.3 is 0 Å². The van der Waals surface area contributed by atoms with Gasteiger partial charge in [0.1, 0.15) is 34.7 Å². The minimum absolute atomic E-state index is 0. The first kappa shape index (κ1) is 29.4. The average Bonchev–Trinajstić information content (AvgIpc) is 2.10. The van der Waals surface area contributed by atoms with Crippen LogP contribution in [0.15, 0.2) is 0 Å². The summed E-state index contributed by atoms with van der Waals surface area (Å²) in [6, 6.07) is 0. The van der Waals surface area contributed by atoms with Crippen LogP contribution in [0.2, 0.25) is 0 Å². The van der Waals surface area contributed by atoms with Crippen molar-refractivity contribution in [3.63, 3.8) is 0 Å². The zero-order valence-corrected chi connectivity index (χ0v) is 16.2. The van der Waals surface area contributed by atoms with Crippen LogP contribution in [0.4, 0.5) is 0 Å². The van der Waals surface area contributed by atoms with E-state index in [-0.39, 0.29) is 93.9 Å². The van der Waals surface area contributed by atoms with Crippen molar-refractivity contribution in [3.05, 3.63) is 0 Å². The molecule has 0 N–H and O–H groups in total. The van der Waals surface area contributed by atoms with Gasteiger partial charge in [0.2, 0.25) is 0 Å². The number of rotatable bonds is 6. The monoisotopic (exact) mass is 458 g/mol. The smallest absolute Gasteiger partial charge is 0.137 e. The van der Waals surface area contributed by atoms with E-state index in [1.165, 1.54) is 41.5 Å². The maximum absolute atomic E-state index is 10.0. The molecule has 0 aromatic heterocycles. The molecule has 0 spiro atoms. The molecule has 22 heavy (non-hydrogen) atoms. The SMILES string of the molecule is CC(=O)CC(C)=O.CC(=O)CC(C)=O.CC(=O)CC(C)=O.[Gd]. The van der Waals surface area contributed by atoms with Gasteiger partial charge in [0.05, 0.1) is 19.3 Å². The van der Waals surface area contributed by atoms with E-state index in [0.717, 1.165) is 0 Å². The Morgan fingerprint density at radius 2 is 0.500 bits per heavy atom. The van der Waals surface area contributed by atoms with E-state index in [2.05, 4.69) is 0 Å². The van der Waals surface area contributed by atoms with Crippen LogP contribution in [0.25, 0.3) is 0 Å². The third-order valence-corrected chi connectivity index (χ3v) is 1.49. The van der Waals surface area contributed by atoms with Crippen molar-refractivity contribution in [2.24, 2.45) is 0 Å². The number of hydrogen-bond acceptors (Lipinski definition) is 6. The van der Waals surface area contributed by atoms with E-state index >= 15 is 0 Å². The van der Waals surface area contributed by atoms with Crippen LogP contribution in [-0.4, -0.2) is 34.7 Å². The molecule has 0 aromatic rings. The number of carbonyl (C=O) groups excluding carboxylic acids is 6. The third kappa shape index (κ3) is 50.6. The molecule has 0 aliphatic rings. The predicted molar refractivity (Wildman–Crippen MR) is 77.9 cm³/mol. The fourth-order valence-electron chi connectivity index (χ4n) is 1.05. The molecule has 0 rings (SSSR count). The zero-order chi connectivity index (χ0) is 17.6. The van der Waals surface area contributed by atoms with Gasteiger partial charge in [-0.15, -0.1) is 0 Å². The van der Waals surface area contributed by atoms with Crippen molar-refractivity contribution in [2.75, 3.05) is 0 Å². The van der Waals surface area contributed by atoms with Crippen molar-refractivity contribution in [3.8, 4) is 0 Å². The van der Waals surface area contributed by atoms with Crippen LogP contribution < -0.4 is 0 Å². The zero-order valence-electron chi connectivity index (χ0n) is 13.9. The molecule has 6 nitrogen and oxygen atoms in total. The molecule has 0 saturated carbocycles. The first-order valence-electron chi connectivity index (χ1n) is 6.35. The van der Waals surface area contributed by atoms with Crippen LogP contribution in [0, 0.1) is 39.9 Å². The Balaban J connectivity index is -0.000000108. The standard InChI is InChI=1S/3C5H8O2.Gd/c3*1-4(6)3-5(2)7;/h3*3H2,1-2H3;. The maximum Gasteiger partial charge on any atom is 0.137 e. The van der Waals surface area contributed by atoms with Gasteiger partial charge >= 0.3 is 0 Å². The van der Waals surface area contributed by atoms with E-state index in [1.807, 2.05) is 0 Å². The van der Waals surface area contributed by atoms with Gasteiger partial charge in [-0.1, -0.05) is 0 Å². The topological polar surface area (TPSA) is 102 Å². The van der Waals surface area contributed by atoms with E-state index in [9.17, 15) is 28.8 Å². The molecular formula is C15H24GdO6. The molecule has 0 radical (unpaired) electrons. The van der Waals surface area contributed by atoms with Crippen LogP contribution in [0.1, 0.15) is 60.8 Å². The number of carbonyl (C=O) groups is 6. The summed E-state index contributed by atoms with van der Waals surface area (Å²) in [5, 5.41) is 0. The quantitative estimate of drug-likeness (QED) is 0.562. The summed E-state index contributed by atoms with van der Waals surface area (Å²) in [6.07, 6.45) is 0.250. The molecule has 0 aromatic carbocycles. The Morgan fingerprint density at radius 1 is 0.409 bits per heavy atom. The molecule has 0 unspecified atom stereocenters. The van der Waals surface area contributed by atoms with Crippen LogP contribution >= 0.6 is 0 Å². The molecule has 0 amide bonds. The van der Waals surface area contributed by atoms with E-state index < -0.39 is 0 Å². The first-order chi connectivity index (χ1) is 9.38. The molecule has 0 aliphatic carbocycles. The number of hydrogen-bond donors (Lipinski definition) is 0. The van der Waals surface area contributed by atoms with Crippen molar-refractivity contribution >= 4 is 34.7 Å². The summed E-state index contributed by atoms with van der Waals surface area (Å²) in [4.78, 5) is 60.2. The number of Topliss-reactive ketones (excluding diaryl/α,β-unsaturated/α-hetero) is 6. The minimum atomic E-state index is -0.0625. The second-order valence-corrected chi connectivity index (χ2v) is 4.74. The second kappa shape index (κ2) is 18.4. The second-order valence-electron chi connectivity index (χ2n) is 4.74. The number of ketones is 6. The normalized spacial score (nSPS) is 7.91. The molecule has 0 heterocycles. The minimum Gasteiger partial charge on any atom is -0.300 e. The molecule has 0 aliphatic heterocycles. The summed E-state index contributed by atoms with van der Waals surface area (Å²) in [5.74, 6) is -0.375. The predicted octanol–water partition coefficient (Wildman–Crippen LogP) is 1.66. The summed E-state index contributed by atoms with van der Waals surface area (Å²) in [7, 11) is 0. The molecule has 128 valence electrons. The fourth-order valence-corrected chi connectivity index (χ4v) is 1.05. The Kier molecular flexibility index (Phi) is 24.6. The van der Waals surface area contributed by atoms with E-state index in [4.69, 9.17) is 0 Å². The summed E-state index contributed by atoms with van der Waals surface area (Å²) in [6.45, 7) is 8.42. The average molecular weight is 458 g/mol. The van der Waals surface area contributed by atoms with Gasteiger partial charge in [0.25, 0.3) is 0 Å². The molecular weight excluding hydrogens is 433 g/mol. The van der Waals surface area contributed by atoms with Gasteiger partial charge in [-0.3, -0.25) is 28.8 Å². The Morgan fingerprint density at radius 3 is 0.500 bits per heavy atom. The molecule has 0 fully saturated rings. The Hall–Kier alpha value is -0.655. The summed E-state index contributed by atoms with van der Waals surface area (Å²) in [5.41, 5.74) is 0. The summed E-state index contributed by atoms with van der Waals surface area (Å²) < 4.78 is 0. The van der Waals surface area contributed by atoms with E-state index in [1.54, 1.807) is 0 Å². The maximum atomic E-state index is 10.0.